The van der Waals surface area contributed by atoms with E-state index in [1.54, 1.807) is 4.90 Å². The van der Waals surface area contributed by atoms with Crippen molar-refractivity contribution >= 4 is 11.6 Å². The van der Waals surface area contributed by atoms with E-state index < -0.39 is 23.3 Å². The lowest BCUT2D eigenvalue weighted by atomic mass is 9.72. The van der Waals surface area contributed by atoms with Gasteiger partial charge in [-0.3, -0.25) is 14.8 Å². The first-order valence-corrected chi connectivity index (χ1v) is 12.4. The van der Waals surface area contributed by atoms with Crippen LogP contribution in [-0.2, 0) is 28.7 Å². The minimum atomic E-state index is -4.46. The summed E-state index contributed by atoms with van der Waals surface area (Å²) in [6.45, 7) is 1.13. The third-order valence-electron chi connectivity index (χ3n) is 8.20. The monoisotopic (exact) mass is 481 g/mol. The molecule has 186 valence electrons. The van der Waals surface area contributed by atoms with Gasteiger partial charge in [0, 0.05) is 37.8 Å². The summed E-state index contributed by atoms with van der Waals surface area (Å²) in [7, 11) is 0. The number of amides is 1. The molecule has 5 nitrogen and oxygen atoms in total. The van der Waals surface area contributed by atoms with Crippen LogP contribution in [0.25, 0.3) is 0 Å². The molecule has 1 aromatic rings. The Morgan fingerprint density at radius 2 is 2.03 bits per heavy atom. The molecule has 0 unspecified atom stereocenters. The van der Waals surface area contributed by atoms with E-state index >= 15 is 0 Å². The molecule has 2 saturated carbocycles. The molecular weight excluding hydrogens is 450 g/mol. The van der Waals surface area contributed by atoms with Crippen LogP contribution in [0.2, 0.25) is 0 Å². The second-order valence-electron chi connectivity index (χ2n) is 10.3. The van der Waals surface area contributed by atoms with E-state index in [2.05, 4.69) is 4.98 Å². The summed E-state index contributed by atoms with van der Waals surface area (Å²) in [5.74, 6) is 0.288. The Morgan fingerprint density at radius 1 is 1.21 bits per heavy atom. The van der Waals surface area contributed by atoms with Crippen LogP contribution in [0.4, 0.5) is 17.6 Å². The fourth-order valence-corrected chi connectivity index (χ4v) is 6.50. The molecular formula is C25H31F4N3O2. The van der Waals surface area contributed by atoms with Crippen molar-refractivity contribution in [2.24, 2.45) is 16.3 Å². The zero-order chi connectivity index (χ0) is 23.9. The lowest BCUT2D eigenvalue weighted by Crippen LogP contribution is -2.48. The van der Waals surface area contributed by atoms with E-state index in [4.69, 9.17) is 9.73 Å². The van der Waals surface area contributed by atoms with Gasteiger partial charge in [0.25, 0.3) is 0 Å². The third kappa shape index (κ3) is 4.48. The Hall–Kier alpha value is -2.03. The average molecular weight is 482 g/mol. The van der Waals surface area contributed by atoms with Gasteiger partial charge in [-0.15, -0.1) is 0 Å². The minimum absolute atomic E-state index is 0.0361. The Kier molecular flexibility index (Phi) is 6.42. The molecule has 2 aliphatic heterocycles. The number of hydrogen-bond acceptors (Lipinski definition) is 4. The SMILES string of the molecule is O=C(N1CCc2ncc(C(F)(F)F)cc2C1)[C@@]12CCC[C@H]1CCC[C@@H](N=C1CCOC[C@H]1F)C2. The van der Waals surface area contributed by atoms with Gasteiger partial charge in [0.05, 0.1) is 35.9 Å². The number of carbonyl (C=O) groups is 1. The molecule has 3 heterocycles. The highest BCUT2D eigenvalue weighted by Gasteiger charge is 2.52. The Morgan fingerprint density at radius 3 is 2.82 bits per heavy atom. The van der Waals surface area contributed by atoms with Crippen LogP contribution >= 0.6 is 0 Å². The second-order valence-corrected chi connectivity index (χ2v) is 10.3. The molecule has 5 rings (SSSR count). The number of halogens is 4. The summed E-state index contributed by atoms with van der Waals surface area (Å²) in [6.07, 6.45) is 2.22. The Labute approximate surface area is 197 Å². The van der Waals surface area contributed by atoms with Crippen LogP contribution < -0.4 is 0 Å². The number of alkyl halides is 4. The van der Waals surface area contributed by atoms with Crippen LogP contribution in [0.3, 0.4) is 0 Å². The number of hydrogen-bond donors (Lipinski definition) is 0. The molecule has 2 aliphatic carbocycles. The van der Waals surface area contributed by atoms with Crippen molar-refractivity contribution in [1.29, 1.82) is 0 Å². The normalized spacial score (nSPS) is 33.4. The summed E-state index contributed by atoms with van der Waals surface area (Å²) in [6, 6.07) is 1.04. The predicted molar refractivity (Wildman–Crippen MR) is 118 cm³/mol. The summed E-state index contributed by atoms with van der Waals surface area (Å²) in [5.41, 5.74) is 0.326. The number of ether oxygens (including phenoxy) is 1. The molecule has 1 aromatic heterocycles. The minimum Gasteiger partial charge on any atom is -0.378 e. The second kappa shape index (κ2) is 9.21. The van der Waals surface area contributed by atoms with Gasteiger partial charge in [0.1, 0.15) is 0 Å². The smallest absolute Gasteiger partial charge is 0.378 e. The largest absolute Gasteiger partial charge is 0.417 e. The summed E-state index contributed by atoms with van der Waals surface area (Å²) in [4.78, 5) is 24.6. The van der Waals surface area contributed by atoms with Gasteiger partial charge < -0.3 is 9.64 Å². The van der Waals surface area contributed by atoms with Crippen molar-refractivity contribution in [2.75, 3.05) is 19.8 Å². The maximum atomic E-state index is 14.4. The van der Waals surface area contributed by atoms with Gasteiger partial charge in [-0.2, -0.15) is 13.2 Å². The third-order valence-corrected chi connectivity index (χ3v) is 8.20. The molecule has 4 atom stereocenters. The van der Waals surface area contributed by atoms with Crippen LogP contribution in [-0.4, -0.2) is 53.5 Å². The number of rotatable bonds is 2. The van der Waals surface area contributed by atoms with E-state index in [0.29, 0.717) is 49.4 Å². The lowest BCUT2D eigenvalue weighted by molar-refractivity contribution is -0.146. The first-order chi connectivity index (χ1) is 16.3. The van der Waals surface area contributed by atoms with Crippen molar-refractivity contribution in [3.05, 3.63) is 29.1 Å². The lowest BCUT2D eigenvalue weighted by Gasteiger charge is -2.40. The summed E-state index contributed by atoms with van der Waals surface area (Å²) in [5, 5.41) is 0. The van der Waals surface area contributed by atoms with Crippen LogP contribution in [0.1, 0.15) is 68.2 Å². The highest BCUT2D eigenvalue weighted by Crippen LogP contribution is 2.53. The maximum absolute atomic E-state index is 14.4. The molecule has 0 bridgehead atoms. The Balaban J connectivity index is 1.39. The standard InChI is InChI=1S/C25H31F4N3O2/c26-20-15-34-10-7-22(20)31-19-5-1-3-17-4-2-8-24(17,12-19)23(33)32-9-6-21-16(14-32)11-18(13-30-21)25(27,28)29/h11,13,17,19-20H,1-10,12,14-15H2/t17-,19-,20-,24-/m1/s1. The highest BCUT2D eigenvalue weighted by molar-refractivity contribution is 5.89. The molecule has 0 aromatic carbocycles. The van der Waals surface area contributed by atoms with Crippen molar-refractivity contribution in [1.82, 2.24) is 9.88 Å². The van der Waals surface area contributed by atoms with E-state index in [9.17, 15) is 22.4 Å². The molecule has 4 aliphatic rings. The zero-order valence-corrected chi connectivity index (χ0v) is 19.2. The van der Waals surface area contributed by atoms with Gasteiger partial charge in [-0.1, -0.05) is 12.8 Å². The van der Waals surface area contributed by atoms with Gasteiger partial charge >= 0.3 is 6.18 Å². The highest BCUT2D eigenvalue weighted by atomic mass is 19.4. The number of aromatic nitrogens is 1. The van der Waals surface area contributed by atoms with Crippen LogP contribution in [0.15, 0.2) is 17.3 Å². The molecule has 3 fully saturated rings. The molecule has 0 radical (unpaired) electrons. The van der Waals surface area contributed by atoms with E-state index in [1.807, 2.05) is 0 Å². The van der Waals surface area contributed by atoms with Crippen molar-refractivity contribution in [3.63, 3.8) is 0 Å². The van der Waals surface area contributed by atoms with Crippen molar-refractivity contribution < 1.29 is 27.1 Å². The van der Waals surface area contributed by atoms with Gasteiger partial charge in [-0.05, 0) is 49.7 Å². The van der Waals surface area contributed by atoms with Crippen LogP contribution in [0.5, 0.6) is 0 Å². The molecule has 0 spiro atoms. The molecule has 9 heteroatoms. The van der Waals surface area contributed by atoms with Gasteiger partial charge in [0.15, 0.2) is 6.17 Å². The predicted octanol–water partition coefficient (Wildman–Crippen LogP) is 4.91. The maximum Gasteiger partial charge on any atom is 0.417 e. The van der Waals surface area contributed by atoms with E-state index in [0.717, 1.165) is 50.8 Å². The summed E-state index contributed by atoms with van der Waals surface area (Å²) >= 11 is 0. The number of carbonyl (C=O) groups excluding carboxylic acids is 1. The molecule has 0 N–H and O–H groups in total. The van der Waals surface area contributed by atoms with E-state index in [1.165, 1.54) is 0 Å². The number of nitrogens with zero attached hydrogens (tertiary/aromatic N) is 3. The van der Waals surface area contributed by atoms with Gasteiger partial charge in [-0.25, -0.2) is 4.39 Å². The number of fused-ring (bicyclic) bond motifs is 2. The average Bonchev–Trinajstić information content (AvgIpc) is 3.13. The van der Waals surface area contributed by atoms with Gasteiger partial charge in [0.2, 0.25) is 5.91 Å². The fourth-order valence-electron chi connectivity index (χ4n) is 6.50. The number of aliphatic imine (C=N–C) groups is 1. The number of pyridine rings is 1. The molecule has 34 heavy (non-hydrogen) atoms. The van der Waals surface area contributed by atoms with Crippen molar-refractivity contribution in [3.8, 4) is 0 Å². The molecule has 1 saturated heterocycles. The quantitative estimate of drug-likeness (QED) is 0.564. The fraction of sp³-hybridized carbons (Fsp3) is 0.720. The first kappa shape index (κ1) is 23.7. The van der Waals surface area contributed by atoms with Crippen LogP contribution in [0, 0.1) is 11.3 Å². The van der Waals surface area contributed by atoms with Crippen molar-refractivity contribution in [2.45, 2.75) is 82.7 Å². The first-order valence-electron chi connectivity index (χ1n) is 12.4. The Bertz CT molecular complexity index is 966. The summed E-state index contributed by atoms with van der Waals surface area (Å²) < 4.78 is 59.2. The topological polar surface area (TPSA) is 54.8 Å². The zero-order valence-electron chi connectivity index (χ0n) is 19.2. The molecule has 1 amide bonds. The van der Waals surface area contributed by atoms with E-state index in [-0.39, 0.29) is 31.0 Å².